The summed E-state index contributed by atoms with van der Waals surface area (Å²) in [6.07, 6.45) is 0. The second-order valence-corrected chi connectivity index (χ2v) is 7.34. The summed E-state index contributed by atoms with van der Waals surface area (Å²) in [5.74, 6) is -1.57. The van der Waals surface area contributed by atoms with Gasteiger partial charge in [0.25, 0.3) is 11.6 Å². The smallest absolute Gasteiger partial charge is 0.433 e. The van der Waals surface area contributed by atoms with Gasteiger partial charge in [-0.15, -0.1) is 0 Å². The van der Waals surface area contributed by atoms with Crippen molar-refractivity contribution in [3.8, 4) is 0 Å². The van der Waals surface area contributed by atoms with E-state index in [2.05, 4.69) is 0 Å². The van der Waals surface area contributed by atoms with Crippen molar-refractivity contribution in [3.05, 3.63) is 46.5 Å². The molecule has 4 atom stereocenters. The van der Waals surface area contributed by atoms with E-state index in [1.807, 2.05) is 4.90 Å². The number of imide groups is 1. The third kappa shape index (κ3) is 1.85. The Morgan fingerprint density at radius 3 is 2.54 bits per heavy atom. The summed E-state index contributed by atoms with van der Waals surface area (Å²) in [7, 11) is 0. The molecule has 2 aromatic carbocycles. The monoisotopic (exact) mass is 383 g/mol. The molecule has 3 fully saturated rings. The third-order valence-corrected chi connectivity index (χ3v) is 6.06. The first-order valence-corrected chi connectivity index (χ1v) is 8.73. The standard InChI is InChI=1S/C18H14N4O6/c23-16-14-7-19-8-15(17(24)25)22(14,9-19)18(26)20(16)12-5-6-13(21(27)28)11-4-2-1-3-10(11)12/h1-6,14-15H,7-9H2/p+1. The number of non-ortho nitro benzene ring substituents is 1. The number of urea groups is 1. The highest BCUT2D eigenvalue weighted by molar-refractivity contribution is 6.22. The number of nitrogens with zero attached hydrogens (tertiary/aromatic N) is 4. The van der Waals surface area contributed by atoms with E-state index in [-0.39, 0.29) is 24.6 Å². The van der Waals surface area contributed by atoms with Crippen LogP contribution in [0.2, 0.25) is 0 Å². The molecule has 10 heteroatoms. The number of quaternary nitrogens is 1. The highest BCUT2D eigenvalue weighted by atomic mass is 16.6. The van der Waals surface area contributed by atoms with Gasteiger partial charge in [-0.05, 0) is 12.1 Å². The third-order valence-electron chi connectivity index (χ3n) is 6.06. The number of carboxylic acid groups (broad SMARTS) is 1. The number of nitro groups is 1. The van der Waals surface area contributed by atoms with Crippen LogP contribution in [0.1, 0.15) is 0 Å². The predicted molar refractivity (Wildman–Crippen MR) is 95.4 cm³/mol. The maximum atomic E-state index is 13.4. The highest BCUT2D eigenvalue weighted by Crippen LogP contribution is 2.45. The fourth-order valence-electron chi connectivity index (χ4n) is 4.87. The SMILES string of the molecule is O=C(O)C1C[N@]2CC3C(=O)N(c4ccc([N+](=O)[O-])c5ccccc45)C(=O)[N+]13C2. The zero-order valence-corrected chi connectivity index (χ0v) is 14.5. The van der Waals surface area contributed by atoms with E-state index in [1.165, 1.54) is 12.1 Å². The molecule has 2 bridgehead atoms. The Hall–Kier alpha value is -3.37. The van der Waals surface area contributed by atoms with E-state index < -0.39 is 39.4 Å². The summed E-state index contributed by atoms with van der Waals surface area (Å²) in [6.45, 7) is 0.739. The molecule has 3 aliphatic heterocycles. The molecule has 142 valence electrons. The lowest BCUT2D eigenvalue weighted by Crippen LogP contribution is -2.62. The van der Waals surface area contributed by atoms with Crippen molar-refractivity contribution >= 4 is 40.1 Å². The van der Waals surface area contributed by atoms with Gasteiger partial charge in [0.1, 0.15) is 6.67 Å². The van der Waals surface area contributed by atoms with E-state index >= 15 is 0 Å². The molecule has 2 aromatic rings. The van der Waals surface area contributed by atoms with Crippen LogP contribution in [0.25, 0.3) is 10.8 Å². The van der Waals surface area contributed by atoms with Crippen molar-refractivity contribution in [2.24, 2.45) is 0 Å². The van der Waals surface area contributed by atoms with Gasteiger partial charge in [0.15, 0.2) is 6.04 Å². The van der Waals surface area contributed by atoms with Gasteiger partial charge in [-0.2, -0.15) is 4.90 Å². The van der Waals surface area contributed by atoms with Gasteiger partial charge < -0.3 is 5.11 Å². The fourth-order valence-corrected chi connectivity index (χ4v) is 4.87. The van der Waals surface area contributed by atoms with Crippen LogP contribution in [0, 0.1) is 10.1 Å². The van der Waals surface area contributed by atoms with Crippen LogP contribution in [0.5, 0.6) is 0 Å². The molecular formula is C18H15N4O6+. The molecule has 3 amide bonds. The molecule has 10 nitrogen and oxygen atoms in total. The van der Waals surface area contributed by atoms with Crippen molar-refractivity contribution in [2.45, 2.75) is 12.1 Å². The average Bonchev–Trinajstić information content (AvgIpc) is 3.30. The Morgan fingerprint density at radius 1 is 1.14 bits per heavy atom. The normalized spacial score (nSPS) is 30.9. The largest absolute Gasteiger partial charge is 0.477 e. The van der Waals surface area contributed by atoms with Gasteiger partial charge in [-0.3, -0.25) is 14.9 Å². The number of hydrogen-bond donors (Lipinski definition) is 1. The second kappa shape index (κ2) is 5.33. The lowest BCUT2D eigenvalue weighted by molar-refractivity contribution is -0.853. The molecule has 3 unspecified atom stereocenters. The molecule has 1 N–H and O–H groups in total. The lowest BCUT2D eigenvalue weighted by Gasteiger charge is -2.31. The van der Waals surface area contributed by atoms with Gasteiger partial charge in [0.2, 0.25) is 6.04 Å². The first kappa shape index (κ1) is 16.8. The van der Waals surface area contributed by atoms with E-state index in [0.29, 0.717) is 17.3 Å². The molecule has 5 rings (SSSR count). The number of amides is 3. The number of piperazine rings is 1. The Labute approximate surface area is 157 Å². The Balaban J connectivity index is 1.69. The number of nitro benzene ring substituents is 1. The average molecular weight is 383 g/mol. The minimum atomic E-state index is -1.11. The molecule has 1 spiro atoms. The fraction of sp³-hybridized carbons (Fsp3) is 0.278. The van der Waals surface area contributed by atoms with Crippen molar-refractivity contribution in [1.29, 1.82) is 0 Å². The van der Waals surface area contributed by atoms with Gasteiger partial charge >= 0.3 is 12.0 Å². The van der Waals surface area contributed by atoms with Crippen LogP contribution in [0.4, 0.5) is 16.2 Å². The topological polar surface area (TPSA) is 121 Å². The number of hydrogen-bond acceptors (Lipinski definition) is 6. The highest BCUT2D eigenvalue weighted by Gasteiger charge is 2.73. The number of rotatable bonds is 3. The van der Waals surface area contributed by atoms with Crippen LogP contribution in [-0.4, -0.2) is 69.2 Å². The molecule has 3 heterocycles. The van der Waals surface area contributed by atoms with Crippen molar-refractivity contribution in [1.82, 2.24) is 4.90 Å². The van der Waals surface area contributed by atoms with Gasteiger partial charge in [0.05, 0.1) is 29.1 Å². The zero-order chi connectivity index (χ0) is 19.8. The van der Waals surface area contributed by atoms with Crippen LogP contribution < -0.4 is 4.90 Å². The molecule has 3 saturated heterocycles. The van der Waals surface area contributed by atoms with E-state index in [1.54, 1.807) is 24.3 Å². The summed E-state index contributed by atoms with van der Waals surface area (Å²) >= 11 is 0. The van der Waals surface area contributed by atoms with Crippen molar-refractivity contribution < 1.29 is 28.9 Å². The summed E-state index contributed by atoms with van der Waals surface area (Å²) in [6, 6.07) is 6.81. The first-order chi connectivity index (χ1) is 13.4. The van der Waals surface area contributed by atoms with Crippen LogP contribution in [0.3, 0.4) is 0 Å². The molecule has 0 radical (unpaired) electrons. The summed E-state index contributed by atoms with van der Waals surface area (Å²) < 4.78 is -0.431. The number of carbonyl (C=O) groups is 3. The number of carboxylic acids is 1. The van der Waals surface area contributed by atoms with E-state index in [4.69, 9.17) is 0 Å². The number of aliphatic carboxylic acids is 1. The first-order valence-electron chi connectivity index (χ1n) is 8.73. The molecule has 0 aromatic heterocycles. The van der Waals surface area contributed by atoms with Crippen LogP contribution in [-0.2, 0) is 9.59 Å². The Morgan fingerprint density at radius 2 is 1.86 bits per heavy atom. The zero-order valence-electron chi connectivity index (χ0n) is 14.5. The number of benzene rings is 2. The van der Waals surface area contributed by atoms with E-state index in [0.717, 1.165) is 4.90 Å². The summed E-state index contributed by atoms with van der Waals surface area (Å²) in [4.78, 5) is 52.0. The predicted octanol–water partition coefficient (Wildman–Crippen LogP) is 1.14. The minimum absolute atomic E-state index is 0.123. The van der Waals surface area contributed by atoms with Gasteiger partial charge in [0, 0.05) is 11.5 Å². The van der Waals surface area contributed by atoms with Crippen molar-refractivity contribution in [2.75, 3.05) is 24.7 Å². The molecule has 3 aliphatic rings. The second-order valence-electron chi connectivity index (χ2n) is 7.34. The van der Waals surface area contributed by atoms with Gasteiger partial charge in [-0.25, -0.2) is 19.0 Å². The lowest BCUT2D eigenvalue weighted by atomic mass is 10.1. The Bertz CT molecular complexity index is 1100. The van der Waals surface area contributed by atoms with Gasteiger partial charge in [-0.1, -0.05) is 18.2 Å². The van der Waals surface area contributed by atoms with Crippen molar-refractivity contribution in [3.63, 3.8) is 0 Å². The van der Waals surface area contributed by atoms with Crippen LogP contribution >= 0.6 is 0 Å². The molecule has 28 heavy (non-hydrogen) atoms. The molecular weight excluding hydrogens is 368 g/mol. The maximum Gasteiger partial charge on any atom is 0.433 e. The number of anilines is 1. The summed E-state index contributed by atoms with van der Waals surface area (Å²) in [5, 5.41) is 21.7. The van der Waals surface area contributed by atoms with Crippen LogP contribution in [0.15, 0.2) is 36.4 Å². The molecule has 0 saturated carbocycles. The number of fused-ring (bicyclic) bond motifs is 2. The quantitative estimate of drug-likeness (QED) is 0.365. The Kier molecular flexibility index (Phi) is 3.20. The number of carbonyl (C=O) groups excluding carboxylic acids is 2. The van der Waals surface area contributed by atoms with E-state index in [9.17, 15) is 29.6 Å². The molecule has 0 aliphatic carbocycles. The summed E-state index contributed by atoms with van der Waals surface area (Å²) in [5.41, 5.74) is 0.127. The maximum absolute atomic E-state index is 13.4. The minimum Gasteiger partial charge on any atom is -0.477 e.